The van der Waals surface area contributed by atoms with E-state index in [1.54, 1.807) is 7.05 Å². The predicted molar refractivity (Wildman–Crippen MR) is 102 cm³/mol. The van der Waals surface area contributed by atoms with Gasteiger partial charge in [-0.15, -0.1) is 11.3 Å². The maximum Gasteiger partial charge on any atom is 0.204 e. The fraction of sp³-hybridized carbons (Fsp3) is 0.467. The molecule has 2 unspecified atom stereocenters. The van der Waals surface area contributed by atoms with E-state index in [1.165, 1.54) is 15.6 Å². The van der Waals surface area contributed by atoms with Gasteiger partial charge in [0.15, 0.2) is 16.4 Å². The van der Waals surface area contributed by atoms with Gasteiger partial charge in [-0.05, 0) is 18.9 Å². The van der Waals surface area contributed by atoms with Crippen LogP contribution in [0.1, 0.15) is 22.6 Å². The quantitative estimate of drug-likeness (QED) is 0.790. The third-order valence-electron chi connectivity index (χ3n) is 4.49. The Labute approximate surface area is 157 Å². The second-order valence-electron chi connectivity index (χ2n) is 6.04. The summed E-state index contributed by atoms with van der Waals surface area (Å²) in [5, 5.41) is 3.68. The second kappa shape index (κ2) is 6.39. The van der Waals surface area contributed by atoms with Crippen LogP contribution in [0.2, 0.25) is 5.02 Å². The van der Waals surface area contributed by atoms with Crippen molar-refractivity contribution in [2.45, 2.75) is 23.8 Å². The van der Waals surface area contributed by atoms with Crippen molar-refractivity contribution in [3.63, 3.8) is 0 Å². The second-order valence-corrected chi connectivity index (χ2v) is 9.02. The molecule has 134 valence electrons. The Kier molecular flexibility index (Phi) is 4.35. The number of ether oxygens (including phenoxy) is 1. The summed E-state index contributed by atoms with van der Waals surface area (Å²) < 4.78 is 20.2. The van der Waals surface area contributed by atoms with Crippen LogP contribution in [0.3, 0.4) is 0 Å². The smallest absolute Gasteiger partial charge is 0.204 e. The number of guanidine groups is 1. The van der Waals surface area contributed by atoms with Crippen LogP contribution in [0.15, 0.2) is 22.3 Å². The first kappa shape index (κ1) is 17.0. The number of allylic oxidation sites excluding steroid dienone is 1. The fourth-order valence-electron chi connectivity index (χ4n) is 3.23. The van der Waals surface area contributed by atoms with Crippen molar-refractivity contribution in [2.75, 3.05) is 20.3 Å². The van der Waals surface area contributed by atoms with E-state index < -0.39 is 22.0 Å². The first-order valence-electron chi connectivity index (χ1n) is 7.88. The Bertz CT molecular complexity index is 821. The summed E-state index contributed by atoms with van der Waals surface area (Å²) in [7, 11) is 0.235. The van der Waals surface area contributed by atoms with Crippen LogP contribution < -0.4 is 11.1 Å². The van der Waals surface area contributed by atoms with Gasteiger partial charge < -0.3 is 15.8 Å². The van der Waals surface area contributed by atoms with Gasteiger partial charge in [0.05, 0.1) is 9.90 Å². The molecule has 10 heteroatoms. The van der Waals surface area contributed by atoms with Gasteiger partial charge in [0.25, 0.3) is 0 Å². The normalized spacial score (nSPS) is 31.8. The SMILES string of the molecule is CN1C(N)=N[C@]2(c3sc(C4=CNCN=C4)cc3Cl)CCCOC2S1=O. The minimum atomic E-state index is -1.43. The van der Waals surface area contributed by atoms with Crippen LogP contribution in [-0.4, -0.2) is 46.4 Å². The van der Waals surface area contributed by atoms with Crippen molar-refractivity contribution in [3.05, 3.63) is 27.0 Å². The number of nitrogens with one attached hydrogen (secondary N) is 1. The average molecular weight is 400 g/mol. The summed E-state index contributed by atoms with van der Waals surface area (Å²) in [5.41, 5.74) is 5.61. The van der Waals surface area contributed by atoms with E-state index in [0.717, 1.165) is 21.7 Å². The molecule has 0 amide bonds. The van der Waals surface area contributed by atoms with Gasteiger partial charge in [-0.2, -0.15) is 0 Å². The topological polar surface area (TPSA) is 92.3 Å². The van der Waals surface area contributed by atoms with E-state index in [4.69, 9.17) is 27.1 Å². The van der Waals surface area contributed by atoms with E-state index in [1.807, 2.05) is 18.5 Å². The molecule has 1 fully saturated rings. The van der Waals surface area contributed by atoms with Crippen LogP contribution in [-0.2, 0) is 21.3 Å². The van der Waals surface area contributed by atoms with Crippen LogP contribution in [0, 0.1) is 0 Å². The van der Waals surface area contributed by atoms with Crippen molar-refractivity contribution < 1.29 is 8.95 Å². The highest BCUT2D eigenvalue weighted by Crippen LogP contribution is 2.49. The van der Waals surface area contributed by atoms with Crippen molar-refractivity contribution >= 4 is 51.7 Å². The van der Waals surface area contributed by atoms with Gasteiger partial charge in [-0.1, -0.05) is 11.6 Å². The Morgan fingerprint density at radius 2 is 2.44 bits per heavy atom. The van der Waals surface area contributed by atoms with Crippen LogP contribution in [0.25, 0.3) is 5.57 Å². The van der Waals surface area contributed by atoms with Crippen molar-refractivity contribution in [3.8, 4) is 0 Å². The highest BCUT2D eigenvalue weighted by molar-refractivity contribution is 7.83. The molecule has 0 aliphatic carbocycles. The monoisotopic (exact) mass is 399 g/mol. The number of rotatable bonds is 2. The zero-order valence-electron chi connectivity index (χ0n) is 13.6. The number of thiophene rings is 1. The first-order valence-corrected chi connectivity index (χ1v) is 10.2. The summed E-state index contributed by atoms with van der Waals surface area (Å²) in [5.74, 6) is 0.242. The van der Waals surface area contributed by atoms with Gasteiger partial charge in [-0.25, -0.2) is 9.20 Å². The van der Waals surface area contributed by atoms with E-state index >= 15 is 0 Å². The molecule has 7 nitrogen and oxygen atoms in total. The summed E-state index contributed by atoms with van der Waals surface area (Å²) >= 11 is 8.11. The molecule has 3 aliphatic rings. The first-order chi connectivity index (χ1) is 12.0. The van der Waals surface area contributed by atoms with E-state index in [0.29, 0.717) is 24.7 Å². The number of aliphatic imine (C=N–C) groups is 2. The Balaban J connectivity index is 1.84. The van der Waals surface area contributed by atoms with Crippen molar-refractivity contribution in [2.24, 2.45) is 15.7 Å². The molecule has 1 aromatic heterocycles. The number of hydrogen-bond donors (Lipinski definition) is 2. The van der Waals surface area contributed by atoms with Crippen molar-refractivity contribution in [1.29, 1.82) is 0 Å². The summed E-state index contributed by atoms with van der Waals surface area (Å²) in [6.45, 7) is 1.13. The zero-order chi connectivity index (χ0) is 17.6. The molecule has 3 aliphatic heterocycles. The van der Waals surface area contributed by atoms with Crippen LogP contribution >= 0.6 is 22.9 Å². The van der Waals surface area contributed by atoms with E-state index in [-0.39, 0.29) is 5.96 Å². The maximum atomic E-state index is 12.8. The highest BCUT2D eigenvalue weighted by atomic mass is 35.5. The molecule has 4 rings (SSSR count). The standard InChI is InChI=1S/C15H18ClN5O2S2/c1-21-14(17)20-15(3-2-4-23-13(15)25(21)22)12-10(16)5-11(24-12)9-6-18-8-19-7-9/h5-7,13,18H,2-4,8H2,1H3,(H2,17,20)/t13?,15-,25?/m0/s1. The molecule has 3 atom stereocenters. The Morgan fingerprint density at radius 3 is 3.20 bits per heavy atom. The van der Waals surface area contributed by atoms with Crippen LogP contribution in [0.5, 0.6) is 0 Å². The lowest BCUT2D eigenvalue weighted by atomic mass is 9.90. The lowest BCUT2D eigenvalue weighted by Crippen LogP contribution is -2.57. The molecule has 0 aromatic carbocycles. The van der Waals surface area contributed by atoms with Crippen molar-refractivity contribution in [1.82, 2.24) is 9.62 Å². The molecule has 0 bridgehead atoms. The fourth-order valence-corrected chi connectivity index (χ4v) is 6.32. The zero-order valence-corrected chi connectivity index (χ0v) is 16.0. The third kappa shape index (κ3) is 2.69. The number of fused-ring (bicyclic) bond motifs is 1. The molecule has 3 N–H and O–H groups in total. The summed E-state index contributed by atoms with van der Waals surface area (Å²) in [6, 6.07) is 1.90. The molecular formula is C15H18ClN5O2S2. The van der Waals surface area contributed by atoms with Gasteiger partial charge in [0, 0.05) is 36.5 Å². The van der Waals surface area contributed by atoms with Gasteiger partial charge in [0.1, 0.15) is 12.2 Å². The third-order valence-corrected chi connectivity index (χ3v) is 7.87. The average Bonchev–Trinajstić information content (AvgIpc) is 3.03. The molecule has 1 saturated heterocycles. The van der Waals surface area contributed by atoms with Gasteiger partial charge >= 0.3 is 0 Å². The molecule has 4 heterocycles. The minimum absolute atomic E-state index is 0.242. The number of nitrogens with zero attached hydrogens (tertiary/aromatic N) is 3. The van der Waals surface area contributed by atoms with Crippen LogP contribution in [0.4, 0.5) is 0 Å². The number of nitrogens with two attached hydrogens (primary N) is 1. The molecule has 0 spiro atoms. The Morgan fingerprint density at radius 1 is 1.60 bits per heavy atom. The lowest BCUT2D eigenvalue weighted by Gasteiger charge is -2.44. The largest absolute Gasteiger partial charge is 0.372 e. The summed E-state index contributed by atoms with van der Waals surface area (Å²) in [6.07, 6.45) is 5.24. The van der Waals surface area contributed by atoms with E-state index in [2.05, 4.69) is 10.3 Å². The van der Waals surface area contributed by atoms with Gasteiger partial charge in [0.2, 0.25) is 5.96 Å². The number of hydrogen-bond acceptors (Lipinski definition) is 7. The maximum absolute atomic E-state index is 12.8. The lowest BCUT2D eigenvalue weighted by molar-refractivity contribution is 0.00700. The highest BCUT2D eigenvalue weighted by Gasteiger charge is 2.53. The number of halogens is 1. The predicted octanol–water partition coefficient (Wildman–Crippen LogP) is 1.63. The molecule has 25 heavy (non-hydrogen) atoms. The Hall–Kier alpha value is -1.42. The minimum Gasteiger partial charge on any atom is -0.372 e. The molecule has 1 aromatic rings. The molecule has 0 radical (unpaired) electrons. The van der Waals surface area contributed by atoms with Gasteiger partial charge in [-0.3, -0.25) is 9.30 Å². The molecular weight excluding hydrogens is 382 g/mol. The summed E-state index contributed by atoms with van der Waals surface area (Å²) in [4.78, 5) is 10.8. The van der Waals surface area contributed by atoms with E-state index in [9.17, 15) is 4.21 Å². The molecule has 0 saturated carbocycles.